The van der Waals surface area contributed by atoms with Crippen molar-refractivity contribution >= 4 is 21.7 Å². The fourth-order valence-electron chi connectivity index (χ4n) is 4.13. The van der Waals surface area contributed by atoms with Gasteiger partial charge in [-0.25, -0.2) is 5.10 Å². The standard InChI is InChI=1S/C24H19N7O/c1-13-7-17-19(9-25)15(5-6-21(17)27-11-13)23-20(12-28-31(23)2)14-3-4-16-18(8-14)22(10-26)29-30-24(16)32/h3-8,11-12H,10,26H2,1-2H3,(H,30,32). The molecule has 0 saturated carbocycles. The van der Waals surface area contributed by atoms with Gasteiger partial charge in [0.15, 0.2) is 0 Å². The lowest BCUT2D eigenvalue weighted by Gasteiger charge is -2.12. The van der Waals surface area contributed by atoms with E-state index in [1.807, 2.05) is 44.3 Å². The fourth-order valence-corrected chi connectivity index (χ4v) is 4.13. The van der Waals surface area contributed by atoms with Crippen LogP contribution < -0.4 is 11.3 Å². The molecule has 156 valence electrons. The first-order valence-electron chi connectivity index (χ1n) is 10.1. The molecule has 2 aromatic carbocycles. The quantitative estimate of drug-likeness (QED) is 0.461. The summed E-state index contributed by atoms with van der Waals surface area (Å²) in [6, 6.07) is 13.7. The minimum atomic E-state index is -0.265. The Hall–Kier alpha value is -4.35. The number of nitrogens with one attached hydrogen (secondary N) is 1. The van der Waals surface area contributed by atoms with Crippen molar-refractivity contribution in [2.24, 2.45) is 12.8 Å². The van der Waals surface area contributed by atoms with E-state index in [0.717, 1.165) is 38.9 Å². The van der Waals surface area contributed by atoms with Crippen LogP contribution >= 0.6 is 0 Å². The number of hydrogen-bond acceptors (Lipinski definition) is 6. The Morgan fingerprint density at radius 1 is 1.09 bits per heavy atom. The normalized spacial score (nSPS) is 11.2. The summed E-state index contributed by atoms with van der Waals surface area (Å²) in [5.74, 6) is 0. The molecular formula is C24H19N7O. The van der Waals surface area contributed by atoms with Crippen molar-refractivity contribution in [3.63, 3.8) is 0 Å². The number of H-pyrrole nitrogens is 1. The minimum Gasteiger partial charge on any atom is -0.325 e. The van der Waals surface area contributed by atoms with Gasteiger partial charge >= 0.3 is 0 Å². The maximum atomic E-state index is 12.2. The molecule has 3 N–H and O–H groups in total. The minimum absolute atomic E-state index is 0.201. The Morgan fingerprint density at radius 2 is 1.94 bits per heavy atom. The summed E-state index contributed by atoms with van der Waals surface area (Å²) in [6.07, 6.45) is 3.55. The highest BCUT2D eigenvalue weighted by Crippen LogP contribution is 2.37. The van der Waals surface area contributed by atoms with Gasteiger partial charge in [0, 0.05) is 41.7 Å². The molecule has 32 heavy (non-hydrogen) atoms. The Balaban J connectivity index is 1.79. The number of rotatable bonds is 3. The molecule has 0 atom stereocenters. The number of hydrogen-bond donors (Lipinski definition) is 2. The molecule has 8 heteroatoms. The van der Waals surface area contributed by atoms with Gasteiger partial charge in [0.25, 0.3) is 5.56 Å². The molecule has 0 radical (unpaired) electrons. The third-order valence-electron chi connectivity index (χ3n) is 5.68. The lowest BCUT2D eigenvalue weighted by Crippen LogP contribution is -2.13. The van der Waals surface area contributed by atoms with Crippen LogP contribution in [-0.2, 0) is 13.6 Å². The molecule has 5 aromatic rings. The van der Waals surface area contributed by atoms with E-state index >= 15 is 0 Å². The van der Waals surface area contributed by atoms with Crippen LogP contribution in [0.1, 0.15) is 16.8 Å². The van der Waals surface area contributed by atoms with Gasteiger partial charge in [-0.1, -0.05) is 6.07 Å². The number of benzene rings is 2. The molecule has 5 rings (SSSR count). The van der Waals surface area contributed by atoms with Crippen LogP contribution in [0.15, 0.2) is 53.6 Å². The highest BCUT2D eigenvalue weighted by atomic mass is 16.1. The van der Waals surface area contributed by atoms with Crippen LogP contribution in [0.25, 0.3) is 44.1 Å². The number of fused-ring (bicyclic) bond motifs is 2. The van der Waals surface area contributed by atoms with E-state index in [1.165, 1.54) is 0 Å². The first-order valence-corrected chi connectivity index (χ1v) is 10.1. The van der Waals surface area contributed by atoms with Gasteiger partial charge in [-0.05, 0) is 48.4 Å². The Morgan fingerprint density at radius 3 is 2.72 bits per heavy atom. The molecule has 0 aliphatic heterocycles. The van der Waals surface area contributed by atoms with Gasteiger partial charge in [-0.2, -0.15) is 15.5 Å². The zero-order chi connectivity index (χ0) is 22.4. The number of aromatic amines is 1. The first-order chi connectivity index (χ1) is 15.5. The number of aryl methyl sites for hydroxylation is 2. The van der Waals surface area contributed by atoms with Gasteiger partial charge in [-0.15, -0.1) is 0 Å². The zero-order valence-electron chi connectivity index (χ0n) is 17.5. The molecule has 3 heterocycles. The first kappa shape index (κ1) is 19.6. The van der Waals surface area contributed by atoms with Crippen molar-refractivity contribution in [1.29, 1.82) is 5.26 Å². The van der Waals surface area contributed by atoms with Gasteiger partial charge in [-0.3, -0.25) is 14.5 Å². The lowest BCUT2D eigenvalue weighted by atomic mass is 9.94. The van der Waals surface area contributed by atoms with Gasteiger partial charge in [0.1, 0.15) is 6.07 Å². The monoisotopic (exact) mass is 421 g/mol. The number of nitrogens with zero attached hydrogens (tertiary/aromatic N) is 5. The molecule has 0 fully saturated rings. The molecule has 3 aromatic heterocycles. The molecular weight excluding hydrogens is 402 g/mol. The van der Waals surface area contributed by atoms with Crippen molar-refractivity contribution in [2.75, 3.05) is 0 Å². The average molecular weight is 421 g/mol. The van der Waals surface area contributed by atoms with Crippen molar-refractivity contribution in [2.45, 2.75) is 13.5 Å². The predicted molar refractivity (Wildman–Crippen MR) is 123 cm³/mol. The highest BCUT2D eigenvalue weighted by Gasteiger charge is 2.19. The van der Waals surface area contributed by atoms with Crippen molar-refractivity contribution in [3.05, 3.63) is 76.0 Å². The summed E-state index contributed by atoms with van der Waals surface area (Å²) >= 11 is 0. The maximum absolute atomic E-state index is 12.2. The molecule has 0 aliphatic carbocycles. The summed E-state index contributed by atoms with van der Waals surface area (Å²) in [4.78, 5) is 16.7. The van der Waals surface area contributed by atoms with Crippen LogP contribution in [0.5, 0.6) is 0 Å². The van der Waals surface area contributed by atoms with Crippen LogP contribution in [0.3, 0.4) is 0 Å². The Bertz CT molecular complexity index is 1620. The molecule has 0 unspecified atom stereocenters. The predicted octanol–water partition coefficient (Wildman–Crippen LogP) is 3.18. The average Bonchev–Trinajstić information content (AvgIpc) is 3.19. The number of nitrogens with two attached hydrogens (primary N) is 1. The number of aromatic nitrogens is 5. The van der Waals surface area contributed by atoms with E-state index in [1.54, 1.807) is 23.1 Å². The van der Waals surface area contributed by atoms with Crippen molar-refractivity contribution in [3.8, 4) is 28.5 Å². The fraction of sp³-hybridized carbons (Fsp3) is 0.125. The molecule has 0 aliphatic rings. The van der Waals surface area contributed by atoms with Crippen LogP contribution in [0, 0.1) is 18.3 Å². The van der Waals surface area contributed by atoms with Crippen molar-refractivity contribution in [1.82, 2.24) is 25.0 Å². The molecule has 0 spiro atoms. The second-order valence-electron chi connectivity index (χ2n) is 7.67. The van der Waals surface area contributed by atoms with Crippen molar-refractivity contribution < 1.29 is 0 Å². The smallest absolute Gasteiger partial charge is 0.272 e. The molecule has 8 nitrogen and oxygen atoms in total. The summed E-state index contributed by atoms with van der Waals surface area (Å²) < 4.78 is 1.75. The van der Waals surface area contributed by atoms with E-state index in [4.69, 9.17) is 5.73 Å². The SMILES string of the molecule is Cc1cnc2ccc(-c3c(-c4ccc5c(=O)[nH]nc(CN)c5c4)cnn3C)c(C#N)c2c1. The second-order valence-corrected chi connectivity index (χ2v) is 7.67. The largest absolute Gasteiger partial charge is 0.325 e. The maximum Gasteiger partial charge on any atom is 0.272 e. The summed E-state index contributed by atoms with van der Waals surface area (Å²) in [5.41, 5.74) is 11.7. The van der Waals surface area contributed by atoms with E-state index < -0.39 is 0 Å². The van der Waals surface area contributed by atoms with Gasteiger partial charge < -0.3 is 5.73 Å². The van der Waals surface area contributed by atoms with Gasteiger partial charge in [0.2, 0.25) is 0 Å². The third-order valence-corrected chi connectivity index (χ3v) is 5.68. The Labute approximate surface area is 182 Å². The Kier molecular flexibility index (Phi) is 4.54. The molecule has 0 amide bonds. The van der Waals surface area contributed by atoms with Crippen LogP contribution in [-0.4, -0.2) is 25.0 Å². The van der Waals surface area contributed by atoms with E-state index in [-0.39, 0.29) is 12.1 Å². The third kappa shape index (κ3) is 2.95. The van der Waals surface area contributed by atoms with Gasteiger partial charge in [0.05, 0.1) is 34.1 Å². The molecule has 0 saturated heterocycles. The lowest BCUT2D eigenvalue weighted by molar-refractivity contribution is 0.776. The summed E-state index contributed by atoms with van der Waals surface area (Å²) in [7, 11) is 1.84. The highest BCUT2D eigenvalue weighted by molar-refractivity contribution is 5.96. The summed E-state index contributed by atoms with van der Waals surface area (Å²) in [6.45, 7) is 2.15. The van der Waals surface area contributed by atoms with Crippen LogP contribution in [0.2, 0.25) is 0 Å². The zero-order valence-corrected chi connectivity index (χ0v) is 17.5. The number of pyridine rings is 1. The topological polar surface area (TPSA) is 126 Å². The number of nitriles is 1. The second kappa shape index (κ2) is 7.41. The van der Waals surface area contributed by atoms with E-state index in [2.05, 4.69) is 26.3 Å². The van der Waals surface area contributed by atoms with Crippen LogP contribution in [0.4, 0.5) is 0 Å². The van der Waals surface area contributed by atoms with E-state index in [9.17, 15) is 10.1 Å². The van der Waals surface area contributed by atoms with E-state index in [0.29, 0.717) is 22.0 Å². The summed E-state index contributed by atoms with van der Waals surface area (Å²) in [5, 5.41) is 23.1. The molecule has 0 bridgehead atoms.